The van der Waals surface area contributed by atoms with E-state index in [0.717, 1.165) is 54.9 Å². The topological polar surface area (TPSA) is 84.7 Å². The summed E-state index contributed by atoms with van der Waals surface area (Å²) in [6.45, 7) is 2.45. The molecule has 1 aliphatic rings. The number of ether oxygens (including phenoxy) is 1. The van der Waals surface area contributed by atoms with Crippen LogP contribution in [-0.4, -0.2) is 41.7 Å². The molecule has 0 aliphatic carbocycles. The van der Waals surface area contributed by atoms with Crippen molar-refractivity contribution >= 4 is 23.5 Å². The van der Waals surface area contributed by atoms with Gasteiger partial charge >= 0.3 is 6.09 Å². The van der Waals surface area contributed by atoms with Crippen molar-refractivity contribution < 1.29 is 14.5 Å². The number of likely N-dealkylation sites (tertiary alicyclic amines) is 1. The smallest absolute Gasteiger partial charge is 0.411 e. The van der Waals surface area contributed by atoms with Gasteiger partial charge in [-0.15, -0.1) is 0 Å². The summed E-state index contributed by atoms with van der Waals surface area (Å²) in [5.74, 6) is 0. The summed E-state index contributed by atoms with van der Waals surface area (Å²) < 4.78 is 5.69. The van der Waals surface area contributed by atoms with Crippen LogP contribution in [-0.2, 0) is 4.74 Å². The van der Waals surface area contributed by atoms with E-state index in [1.165, 1.54) is 12.1 Å². The van der Waals surface area contributed by atoms with Crippen LogP contribution < -0.4 is 5.32 Å². The third-order valence-corrected chi connectivity index (χ3v) is 5.83. The van der Waals surface area contributed by atoms with Crippen molar-refractivity contribution in [2.75, 3.05) is 25.0 Å². The fourth-order valence-electron chi connectivity index (χ4n) is 4.01. The standard InChI is InChI=1S/C27H27N3O4/c31-27(28-26-11-5-4-10-25(26)22-8-2-1-3-9-22)34-24-16-19-29(20-17-24)18-6-7-21-12-14-23(15-13-21)30(32)33/h1-15,24H,16-20H2,(H,28,31). The average molecular weight is 458 g/mol. The molecule has 1 saturated heterocycles. The molecule has 3 aromatic carbocycles. The Morgan fingerprint density at radius 2 is 1.68 bits per heavy atom. The highest BCUT2D eigenvalue weighted by atomic mass is 16.6. The van der Waals surface area contributed by atoms with Crippen LogP contribution in [0.5, 0.6) is 0 Å². The molecular weight excluding hydrogens is 430 g/mol. The zero-order chi connectivity index (χ0) is 23.8. The number of non-ortho nitro benzene ring substituents is 1. The molecule has 1 fully saturated rings. The van der Waals surface area contributed by atoms with E-state index >= 15 is 0 Å². The Morgan fingerprint density at radius 3 is 2.38 bits per heavy atom. The van der Waals surface area contributed by atoms with E-state index in [9.17, 15) is 14.9 Å². The lowest BCUT2D eigenvalue weighted by Crippen LogP contribution is -2.38. The monoisotopic (exact) mass is 457 g/mol. The quantitative estimate of drug-likeness (QED) is 0.348. The first kappa shape index (κ1) is 23.2. The van der Waals surface area contributed by atoms with Crippen molar-refractivity contribution in [1.29, 1.82) is 0 Å². The Morgan fingerprint density at radius 1 is 1.00 bits per heavy atom. The van der Waals surface area contributed by atoms with Crippen LogP contribution in [0.2, 0.25) is 0 Å². The molecule has 0 aromatic heterocycles. The summed E-state index contributed by atoms with van der Waals surface area (Å²) in [6.07, 6.45) is 5.02. The summed E-state index contributed by atoms with van der Waals surface area (Å²) in [5.41, 5.74) is 3.73. The summed E-state index contributed by atoms with van der Waals surface area (Å²) in [7, 11) is 0. The van der Waals surface area contributed by atoms with Crippen molar-refractivity contribution in [1.82, 2.24) is 4.90 Å². The molecule has 1 heterocycles. The molecule has 1 N–H and O–H groups in total. The predicted octanol–water partition coefficient (Wildman–Crippen LogP) is 5.99. The van der Waals surface area contributed by atoms with E-state index in [2.05, 4.69) is 16.3 Å². The highest BCUT2D eigenvalue weighted by Crippen LogP contribution is 2.28. The molecule has 174 valence electrons. The molecule has 0 bridgehead atoms. The van der Waals surface area contributed by atoms with Gasteiger partial charge < -0.3 is 4.74 Å². The number of hydrogen-bond donors (Lipinski definition) is 1. The lowest BCUT2D eigenvalue weighted by atomic mass is 10.0. The number of para-hydroxylation sites is 1. The zero-order valence-corrected chi connectivity index (χ0v) is 18.8. The van der Waals surface area contributed by atoms with E-state index < -0.39 is 11.0 Å². The lowest BCUT2D eigenvalue weighted by Gasteiger charge is -2.30. The third kappa shape index (κ3) is 6.30. The van der Waals surface area contributed by atoms with E-state index in [1.807, 2.05) is 60.7 Å². The summed E-state index contributed by atoms with van der Waals surface area (Å²) in [4.78, 5) is 25.2. The number of amides is 1. The van der Waals surface area contributed by atoms with Crippen LogP contribution in [0, 0.1) is 10.1 Å². The fourth-order valence-corrected chi connectivity index (χ4v) is 4.01. The largest absolute Gasteiger partial charge is 0.446 e. The molecule has 4 rings (SSSR count). The van der Waals surface area contributed by atoms with Gasteiger partial charge in [-0.1, -0.05) is 60.7 Å². The number of benzene rings is 3. The minimum Gasteiger partial charge on any atom is -0.446 e. The maximum atomic E-state index is 12.5. The SMILES string of the molecule is O=C(Nc1ccccc1-c1ccccc1)OC1CCN(CC=Cc2ccc([N+](=O)[O-])cc2)CC1. The van der Waals surface area contributed by atoms with Crippen molar-refractivity contribution in [2.45, 2.75) is 18.9 Å². The second kappa shape index (κ2) is 11.2. The number of carbonyl (C=O) groups excluding carboxylic acids is 1. The number of nitro groups is 1. The second-order valence-corrected chi connectivity index (χ2v) is 8.19. The van der Waals surface area contributed by atoms with E-state index in [1.54, 1.807) is 12.1 Å². The molecule has 7 nitrogen and oxygen atoms in total. The highest BCUT2D eigenvalue weighted by Gasteiger charge is 2.22. The molecule has 34 heavy (non-hydrogen) atoms. The van der Waals surface area contributed by atoms with Crippen molar-refractivity contribution in [3.63, 3.8) is 0 Å². The Bertz CT molecular complexity index is 1140. The molecule has 0 unspecified atom stereocenters. The van der Waals surface area contributed by atoms with Gasteiger partial charge in [-0.3, -0.25) is 20.3 Å². The van der Waals surface area contributed by atoms with Crippen molar-refractivity contribution in [3.8, 4) is 11.1 Å². The summed E-state index contributed by atoms with van der Waals surface area (Å²) in [5, 5.41) is 13.6. The molecule has 1 aliphatic heterocycles. The molecular formula is C27H27N3O4. The molecule has 3 aromatic rings. The number of hydrogen-bond acceptors (Lipinski definition) is 5. The van der Waals surface area contributed by atoms with Gasteiger partial charge in [0.05, 0.1) is 10.6 Å². The van der Waals surface area contributed by atoms with Gasteiger partial charge in [0.2, 0.25) is 0 Å². The number of nitrogens with zero attached hydrogens (tertiary/aromatic N) is 2. The van der Waals surface area contributed by atoms with Gasteiger partial charge in [0.1, 0.15) is 6.10 Å². The maximum absolute atomic E-state index is 12.5. The number of carbonyl (C=O) groups is 1. The number of rotatable bonds is 7. The van der Waals surface area contributed by atoms with E-state index in [-0.39, 0.29) is 11.8 Å². The minimum atomic E-state index is -0.431. The van der Waals surface area contributed by atoms with Crippen molar-refractivity contribution in [2.24, 2.45) is 0 Å². The third-order valence-electron chi connectivity index (χ3n) is 5.83. The zero-order valence-electron chi connectivity index (χ0n) is 18.8. The molecule has 0 atom stereocenters. The second-order valence-electron chi connectivity index (χ2n) is 8.19. The van der Waals surface area contributed by atoms with Crippen LogP contribution >= 0.6 is 0 Å². The highest BCUT2D eigenvalue weighted by molar-refractivity contribution is 5.91. The average Bonchev–Trinajstić information content (AvgIpc) is 2.86. The molecule has 7 heteroatoms. The van der Waals surface area contributed by atoms with Crippen LogP contribution in [0.1, 0.15) is 18.4 Å². The maximum Gasteiger partial charge on any atom is 0.411 e. The number of anilines is 1. The van der Waals surface area contributed by atoms with Crippen molar-refractivity contribution in [3.05, 3.63) is 101 Å². The Balaban J connectivity index is 1.23. The van der Waals surface area contributed by atoms with Gasteiger partial charge in [-0.05, 0) is 42.2 Å². The van der Waals surface area contributed by atoms with E-state index in [4.69, 9.17) is 4.74 Å². The minimum absolute atomic E-state index is 0.0896. The Labute approximate surface area is 198 Å². The molecule has 0 spiro atoms. The van der Waals surface area contributed by atoms with Gasteiger partial charge in [0.15, 0.2) is 0 Å². The van der Waals surface area contributed by atoms with Gasteiger partial charge in [-0.2, -0.15) is 0 Å². The Hall–Kier alpha value is -3.97. The van der Waals surface area contributed by atoms with E-state index in [0.29, 0.717) is 0 Å². The van der Waals surface area contributed by atoms with Crippen LogP contribution in [0.25, 0.3) is 17.2 Å². The fraction of sp³-hybridized carbons (Fsp3) is 0.222. The van der Waals surface area contributed by atoms with Gasteiger partial charge in [0, 0.05) is 37.3 Å². The molecule has 1 amide bonds. The normalized spacial score (nSPS) is 14.7. The summed E-state index contributed by atoms with van der Waals surface area (Å²) in [6, 6.07) is 24.1. The first-order valence-electron chi connectivity index (χ1n) is 11.3. The molecule has 0 radical (unpaired) electrons. The summed E-state index contributed by atoms with van der Waals surface area (Å²) >= 11 is 0. The Kier molecular flexibility index (Phi) is 7.67. The van der Waals surface area contributed by atoms with Crippen LogP contribution in [0.3, 0.4) is 0 Å². The number of nitrogens with one attached hydrogen (secondary N) is 1. The predicted molar refractivity (Wildman–Crippen MR) is 134 cm³/mol. The van der Waals surface area contributed by atoms with Crippen LogP contribution in [0.4, 0.5) is 16.2 Å². The molecule has 0 saturated carbocycles. The van der Waals surface area contributed by atoms with Gasteiger partial charge in [-0.25, -0.2) is 4.79 Å². The number of nitro benzene ring substituents is 1. The number of piperidine rings is 1. The lowest BCUT2D eigenvalue weighted by molar-refractivity contribution is -0.384. The first-order chi connectivity index (χ1) is 16.6. The van der Waals surface area contributed by atoms with Gasteiger partial charge in [0.25, 0.3) is 5.69 Å². The first-order valence-corrected chi connectivity index (χ1v) is 11.3. The van der Waals surface area contributed by atoms with Crippen LogP contribution in [0.15, 0.2) is 84.9 Å².